The summed E-state index contributed by atoms with van der Waals surface area (Å²) in [6, 6.07) is 15.6. The van der Waals surface area contributed by atoms with E-state index in [9.17, 15) is 9.59 Å². The van der Waals surface area contributed by atoms with Crippen LogP contribution in [0.4, 0.5) is 10.5 Å². The molecule has 7 nitrogen and oxygen atoms in total. The number of hydrogen-bond acceptors (Lipinski definition) is 4. The van der Waals surface area contributed by atoms with E-state index in [4.69, 9.17) is 15.1 Å². The molecule has 0 unspecified atom stereocenters. The number of urea groups is 1. The van der Waals surface area contributed by atoms with Gasteiger partial charge in [0.05, 0.1) is 11.5 Å². The van der Waals surface area contributed by atoms with E-state index in [0.717, 1.165) is 0 Å². The summed E-state index contributed by atoms with van der Waals surface area (Å²) in [4.78, 5) is 24.9. The number of para-hydroxylation sites is 1. The summed E-state index contributed by atoms with van der Waals surface area (Å²) in [5.74, 6) is -0.151. The van der Waals surface area contributed by atoms with Gasteiger partial charge in [0, 0.05) is 18.8 Å². The van der Waals surface area contributed by atoms with Gasteiger partial charge in [0.1, 0.15) is 17.6 Å². The molecule has 2 aromatic carbocycles. The molecule has 1 heterocycles. The first-order valence-electron chi connectivity index (χ1n) is 8.62. The van der Waals surface area contributed by atoms with Crippen molar-refractivity contribution in [3.8, 4) is 17.6 Å². The number of aliphatic carboxylic acids is 1. The molecule has 0 bridgehead atoms. The summed E-state index contributed by atoms with van der Waals surface area (Å²) >= 11 is 0. The van der Waals surface area contributed by atoms with E-state index in [0.29, 0.717) is 48.7 Å². The van der Waals surface area contributed by atoms with Crippen molar-refractivity contribution in [1.82, 2.24) is 4.90 Å². The Morgan fingerprint density at radius 1 is 1.11 bits per heavy atom. The smallest absolute Gasteiger partial charge is 0.321 e. The molecule has 0 spiro atoms. The third-order valence-electron chi connectivity index (χ3n) is 4.47. The predicted molar refractivity (Wildman–Crippen MR) is 98.6 cm³/mol. The van der Waals surface area contributed by atoms with Crippen molar-refractivity contribution in [3.63, 3.8) is 0 Å². The molecule has 1 saturated heterocycles. The number of likely N-dealkylation sites (tertiary alicyclic amines) is 1. The number of nitrogens with zero attached hydrogens (tertiary/aromatic N) is 2. The lowest BCUT2D eigenvalue weighted by atomic mass is 9.97. The maximum Gasteiger partial charge on any atom is 0.321 e. The number of nitriles is 1. The Kier molecular flexibility index (Phi) is 5.57. The summed E-state index contributed by atoms with van der Waals surface area (Å²) in [6.45, 7) is 0.851. The number of carboxylic acid groups (broad SMARTS) is 1. The number of anilines is 1. The van der Waals surface area contributed by atoms with Crippen LogP contribution in [0.25, 0.3) is 0 Å². The van der Waals surface area contributed by atoms with Gasteiger partial charge in [-0.2, -0.15) is 5.26 Å². The highest BCUT2D eigenvalue weighted by Crippen LogP contribution is 2.26. The highest BCUT2D eigenvalue weighted by molar-refractivity contribution is 5.89. The van der Waals surface area contributed by atoms with E-state index in [1.165, 1.54) is 0 Å². The van der Waals surface area contributed by atoms with Gasteiger partial charge in [0.15, 0.2) is 0 Å². The van der Waals surface area contributed by atoms with Crippen molar-refractivity contribution >= 4 is 17.7 Å². The van der Waals surface area contributed by atoms with E-state index in [1.807, 2.05) is 0 Å². The molecular weight excluding hydrogens is 346 g/mol. The predicted octanol–water partition coefficient (Wildman–Crippen LogP) is 3.68. The van der Waals surface area contributed by atoms with Crippen LogP contribution < -0.4 is 10.1 Å². The van der Waals surface area contributed by atoms with Crippen LogP contribution >= 0.6 is 0 Å². The zero-order valence-electron chi connectivity index (χ0n) is 14.6. The van der Waals surface area contributed by atoms with Crippen molar-refractivity contribution < 1.29 is 19.4 Å². The number of hydrogen-bond donors (Lipinski definition) is 2. The molecule has 2 aromatic rings. The molecule has 0 saturated carbocycles. The standard InChI is InChI=1S/C20H19N3O4/c21-13-15-3-1-2-4-18(15)27-17-7-5-16(6-8-17)22-20(26)23-11-9-14(10-12-23)19(24)25/h1-8,14H,9-12H2,(H,22,26)(H,24,25). The SMILES string of the molecule is N#Cc1ccccc1Oc1ccc(NC(=O)N2CCC(C(=O)O)CC2)cc1. The number of benzene rings is 2. The average molecular weight is 365 g/mol. The van der Waals surface area contributed by atoms with Crippen molar-refractivity contribution in [2.45, 2.75) is 12.8 Å². The number of ether oxygens (including phenoxy) is 1. The minimum atomic E-state index is -0.802. The van der Waals surface area contributed by atoms with Crippen LogP contribution in [0, 0.1) is 17.2 Å². The minimum Gasteiger partial charge on any atom is -0.481 e. The lowest BCUT2D eigenvalue weighted by Crippen LogP contribution is -2.42. The van der Waals surface area contributed by atoms with Gasteiger partial charge in [-0.3, -0.25) is 4.79 Å². The zero-order valence-corrected chi connectivity index (χ0v) is 14.6. The van der Waals surface area contributed by atoms with Crippen molar-refractivity contribution in [2.75, 3.05) is 18.4 Å². The first-order valence-corrected chi connectivity index (χ1v) is 8.62. The zero-order chi connectivity index (χ0) is 19.2. The quantitative estimate of drug-likeness (QED) is 0.860. The molecule has 1 fully saturated rings. The first kappa shape index (κ1) is 18.3. The summed E-state index contributed by atoms with van der Waals surface area (Å²) in [5, 5.41) is 20.9. The normalized spacial score (nSPS) is 14.3. The van der Waals surface area contributed by atoms with Crippen LogP contribution in [0.3, 0.4) is 0 Å². The van der Waals surface area contributed by atoms with Gasteiger partial charge >= 0.3 is 12.0 Å². The summed E-state index contributed by atoms with van der Waals surface area (Å²) in [5.41, 5.74) is 1.06. The van der Waals surface area contributed by atoms with E-state index in [1.54, 1.807) is 53.4 Å². The fourth-order valence-corrected chi connectivity index (χ4v) is 2.91. The minimum absolute atomic E-state index is 0.248. The molecule has 0 aliphatic carbocycles. The largest absolute Gasteiger partial charge is 0.481 e. The summed E-state index contributed by atoms with van der Waals surface area (Å²) in [7, 11) is 0. The van der Waals surface area contributed by atoms with Crippen LogP contribution in [0.5, 0.6) is 11.5 Å². The monoisotopic (exact) mass is 365 g/mol. The van der Waals surface area contributed by atoms with Gasteiger partial charge in [-0.25, -0.2) is 4.79 Å². The van der Waals surface area contributed by atoms with Gasteiger partial charge in [0.25, 0.3) is 0 Å². The van der Waals surface area contributed by atoms with Crippen molar-refractivity contribution in [2.24, 2.45) is 5.92 Å². The first-order chi connectivity index (χ1) is 13.1. The molecular formula is C20H19N3O4. The maximum atomic E-state index is 12.3. The van der Waals surface area contributed by atoms with Gasteiger partial charge in [-0.1, -0.05) is 12.1 Å². The third-order valence-corrected chi connectivity index (χ3v) is 4.47. The number of piperidine rings is 1. The fraction of sp³-hybridized carbons (Fsp3) is 0.250. The molecule has 3 rings (SSSR count). The molecule has 1 aliphatic heterocycles. The molecule has 7 heteroatoms. The second kappa shape index (κ2) is 8.23. The number of amides is 2. The van der Waals surface area contributed by atoms with Gasteiger partial charge in [-0.05, 0) is 49.2 Å². The van der Waals surface area contributed by atoms with Crippen molar-refractivity contribution in [1.29, 1.82) is 5.26 Å². The number of carbonyl (C=O) groups excluding carboxylic acids is 1. The maximum absolute atomic E-state index is 12.3. The second-order valence-corrected chi connectivity index (χ2v) is 6.26. The lowest BCUT2D eigenvalue weighted by Gasteiger charge is -2.30. The van der Waals surface area contributed by atoms with Crippen LogP contribution in [0.1, 0.15) is 18.4 Å². The molecule has 1 aliphatic rings. The number of carbonyl (C=O) groups is 2. The summed E-state index contributed by atoms with van der Waals surface area (Å²) in [6.07, 6.45) is 0.932. The lowest BCUT2D eigenvalue weighted by molar-refractivity contribution is -0.143. The Morgan fingerprint density at radius 3 is 2.41 bits per heavy atom. The third kappa shape index (κ3) is 4.55. The van der Waals surface area contributed by atoms with Crippen LogP contribution in [-0.4, -0.2) is 35.1 Å². The van der Waals surface area contributed by atoms with E-state index >= 15 is 0 Å². The molecule has 0 atom stereocenters. The van der Waals surface area contributed by atoms with Gasteiger partial charge in [0.2, 0.25) is 0 Å². The molecule has 2 N–H and O–H groups in total. The Morgan fingerprint density at radius 2 is 1.78 bits per heavy atom. The van der Waals surface area contributed by atoms with Crippen LogP contribution in [-0.2, 0) is 4.79 Å². The molecule has 27 heavy (non-hydrogen) atoms. The van der Waals surface area contributed by atoms with Gasteiger partial charge in [-0.15, -0.1) is 0 Å². The van der Waals surface area contributed by atoms with Crippen LogP contribution in [0.2, 0.25) is 0 Å². The second-order valence-electron chi connectivity index (χ2n) is 6.26. The molecule has 2 amide bonds. The van der Waals surface area contributed by atoms with E-state index in [2.05, 4.69) is 11.4 Å². The highest BCUT2D eigenvalue weighted by atomic mass is 16.5. The molecule has 0 aromatic heterocycles. The topological polar surface area (TPSA) is 103 Å². The van der Waals surface area contributed by atoms with E-state index in [-0.39, 0.29) is 11.9 Å². The molecule has 0 radical (unpaired) electrons. The Bertz CT molecular complexity index is 866. The van der Waals surface area contributed by atoms with Gasteiger partial charge < -0.3 is 20.1 Å². The molecule has 138 valence electrons. The number of rotatable bonds is 4. The number of carboxylic acids is 1. The van der Waals surface area contributed by atoms with E-state index < -0.39 is 5.97 Å². The highest BCUT2D eigenvalue weighted by Gasteiger charge is 2.26. The average Bonchev–Trinajstić information content (AvgIpc) is 2.70. The van der Waals surface area contributed by atoms with Crippen molar-refractivity contribution in [3.05, 3.63) is 54.1 Å². The van der Waals surface area contributed by atoms with Crippen LogP contribution in [0.15, 0.2) is 48.5 Å². The fourth-order valence-electron chi connectivity index (χ4n) is 2.91. The number of nitrogens with one attached hydrogen (secondary N) is 1. The Hall–Kier alpha value is -3.53. The Labute approximate surface area is 156 Å². The summed E-state index contributed by atoms with van der Waals surface area (Å²) < 4.78 is 5.71. The Balaban J connectivity index is 1.57.